The summed E-state index contributed by atoms with van der Waals surface area (Å²) in [6, 6.07) is 18.3. The molecule has 0 aliphatic rings. The first-order valence-corrected chi connectivity index (χ1v) is 10.2. The number of carboxylic acid groups (broad SMARTS) is 1. The number of halogens is 1. The fraction of sp³-hybridized carbons (Fsp3) is 0.125. The summed E-state index contributed by atoms with van der Waals surface area (Å²) in [5.74, 6) is 0.0747. The maximum atomic E-state index is 11.9. The first-order chi connectivity index (χ1) is 15.9. The highest BCUT2D eigenvalue weighted by molar-refractivity contribution is 6.30. The Hall–Kier alpha value is -4.04. The Balaban J connectivity index is 1.52. The number of aromatic carboxylic acids is 1. The first-order valence-electron chi connectivity index (χ1n) is 9.78. The molecule has 0 aromatic heterocycles. The molecule has 9 heteroatoms. The van der Waals surface area contributed by atoms with Gasteiger partial charge in [0.15, 0.2) is 18.1 Å². The van der Waals surface area contributed by atoms with Crippen LogP contribution in [0, 0.1) is 0 Å². The van der Waals surface area contributed by atoms with Gasteiger partial charge in [0.25, 0.3) is 5.91 Å². The highest BCUT2D eigenvalue weighted by Crippen LogP contribution is 2.28. The van der Waals surface area contributed by atoms with E-state index in [0.29, 0.717) is 27.8 Å². The van der Waals surface area contributed by atoms with Gasteiger partial charge >= 0.3 is 5.97 Å². The number of amides is 1. The average molecular weight is 469 g/mol. The zero-order valence-corrected chi connectivity index (χ0v) is 18.4. The zero-order valence-electron chi connectivity index (χ0n) is 17.7. The van der Waals surface area contributed by atoms with Crippen molar-refractivity contribution in [2.24, 2.45) is 5.10 Å². The molecule has 170 valence electrons. The molecule has 0 saturated carbocycles. The molecule has 0 atom stereocenters. The van der Waals surface area contributed by atoms with Crippen LogP contribution in [0.25, 0.3) is 0 Å². The molecule has 0 saturated heterocycles. The van der Waals surface area contributed by atoms with Gasteiger partial charge in [0.1, 0.15) is 12.4 Å². The normalized spacial score (nSPS) is 10.6. The van der Waals surface area contributed by atoms with Gasteiger partial charge in [0, 0.05) is 5.02 Å². The smallest absolute Gasteiger partial charge is 0.335 e. The van der Waals surface area contributed by atoms with Crippen molar-refractivity contribution in [1.29, 1.82) is 0 Å². The second kappa shape index (κ2) is 11.5. The number of carbonyl (C=O) groups is 2. The standard InChI is InChI=1S/C24H21ClN2O6/c1-31-22-11-17(13-26-27-23(28)15-32-20-4-2-3-19(25)12-20)7-10-21(22)33-14-16-5-8-18(9-6-16)24(29)30/h2-13H,14-15H2,1H3,(H,27,28)(H,29,30)/b26-13+. The first kappa shape index (κ1) is 23.6. The molecule has 0 aliphatic carbocycles. The summed E-state index contributed by atoms with van der Waals surface area (Å²) in [6.45, 7) is 0.0353. The molecular formula is C24H21ClN2O6. The van der Waals surface area contributed by atoms with Crippen LogP contribution >= 0.6 is 11.6 Å². The third-order valence-corrected chi connectivity index (χ3v) is 4.59. The molecule has 1 amide bonds. The van der Waals surface area contributed by atoms with E-state index in [1.165, 1.54) is 25.5 Å². The molecule has 0 unspecified atom stereocenters. The van der Waals surface area contributed by atoms with Crippen molar-refractivity contribution in [2.75, 3.05) is 13.7 Å². The van der Waals surface area contributed by atoms with Crippen LogP contribution in [0.5, 0.6) is 17.2 Å². The number of carboxylic acids is 1. The topological polar surface area (TPSA) is 106 Å². The molecule has 3 aromatic rings. The van der Waals surface area contributed by atoms with Crippen molar-refractivity contribution in [3.63, 3.8) is 0 Å². The lowest BCUT2D eigenvalue weighted by Crippen LogP contribution is -2.24. The summed E-state index contributed by atoms with van der Waals surface area (Å²) in [5, 5.41) is 13.4. The molecule has 0 heterocycles. The maximum Gasteiger partial charge on any atom is 0.335 e. The molecule has 3 rings (SSSR count). The van der Waals surface area contributed by atoms with Crippen molar-refractivity contribution >= 4 is 29.7 Å². The van der Waals surface area contributed by atoms with Gasteiger partial charge in [-0.3, -0.25) is 4.79 Å². The minimum atomic E-state index is -0.980. The molecular weight excluding hydrogens is 448 g/mol. The van der Waals surface area contributed by atoms with Gasteiger partial charge in [-0.2, -0.15) is 5.10 Å². The summed E-state index contributed by atoms with van der Waals surface area (Å²) in [6.07, 6.45) is 1.47. The van der Waals surface area contributed by atoms with E-state index in [4.69, 9.17) is 30.9 Å². The van der Waals surface area contributed by atoms with Crippen LogP contribution in [0.15, 0.2) is 71.8 Å². The van der Waals surface area contributed by atoms with Gasteiger partial charge in [0.05, 0.1) is 18.9 Å². The number of nitrogens with zero attached hydrogens (tertiary/aromatic N) is 1. The predicted molar refractivity (Wildman–Crippen MR) is 123 cm³/mol. The fourth-order valence-corrected chi connectivity index (χ4v) is 2.89. The second-order valence-corrected chi connectivity index (χ2v) is 7.18. The number of nitrogens with one attached hydrogen (secondary N) is 1. The lowest BCUT2D eigenvalue weighted by Gasteiger charge is -2.11. The SMILES string of the molecule is COc1cc(/C=N/NC(=O)COc2cccc(Cl)c2)ccc1OCc1ccc(C(=O)O)cc1. The fourth-order valence-electron chi connectivity index (χ4n) is 2.71. The van der Waals surface area contributed by atoms with E-state index in [-0.39, 0.29) is 18.8 Å². The zero-order chi connectivity index (χ0) is 23.6. The third-order valence-electron chi connectivity index (χ3n) is 4.35. The van der Waals surface area contributed by atoms with E-state index in [2.05, 4.69) is 10.5 Å². The average Bonchev–Trinajstić information content (AvgIpc) is 2.82. The molecule has 2 N–H and O–H groups in total. The molecule has 0 aliphatic heterocycles. The van der Waals surface area contributed by atoms with Crippen LogP contribution in [-0.4, -0.2) is 36.9 Å². The van der Waals surface area contributed by atoms with E-state index < -0.39 is 11.9 Å². The van der Waals surface area contributed by atoms with Crippen LogP contribution in [0.4, 0.5) is 0 Å². The Kier molecular flexibility index (Phi) is 8.26. The van der Waals surface area contributed by atoms with Crippen LogP contribution in [0.2, 0.25) is 5.02 Å². The maximum absolute atomic E-state index is 11.9. The molecule has 3 aromatic carbocycles. The summed E-state index contributed by atoms with van der Waals surface area (Å²) in [5.41, 5.74) is 4.09. The van der Waals surface area contributed by atoms with Crippen LogP contribution in [0.1, 0.15) is 21.5 Å². The van der Waals surface area contributed by atoms with E-state index >= 15 is 0 Å². The van der Waals surface area contributed by atoms with E-state index in [0.717, 1.165) is 5.56 Å². The van der Waals surface area contributed by atoms with Crippen LogP contribution in [-0.2, 0) is 11.4 Å². The van der Waals surface area contributed by atoms with Crippen LogP contribution in [0.3, 0.4) is 0 Å². The van der Waals surface area contributed by atoms with Gasteiger partial charge in [0.2, 0.25) is 0 Å². The van der Waals surface area contributed by atoms with Crippen molar-refractivity contribution in [2.45, 2.75) is 6.61 Å². The number of methoxy groups -OCH3 is 1. The highest BCUT2D eigenvalue weighted by atomic mass is 35.5. The molecule has 0 bridgehead atoms. The van der Waals surface area contributed by atoms with E-state index in [9.17, 15) is 9.59 Å². The Morgan fingerprint density at radius 2 is 1.82 bits per heavy atom. The minimum Gasteiger partial charge on any atom is -0.493 e. The third kappa shape index (κ3) is 7.26. The van der Waals surface area contributed by atoms with Gasteiger partial charge in [-0.05, 0) is 59.7 Å². The summed E-state index contributed by atoms with van der Waals surface area (Å²) in [4.78, 5) is 22.8. The Morgan fingerprint density at radius 1 is 1.03 bits per heavy atom. The number of hydrogen-bond donors (Lipinski definition) is 2. The lowest BCUT2D eigenvalue weighted by molar-refractivity contribution is -0.123. The van der Waals surface area contributed by atoms with Crippen molar-refractivity contribution < 1.29 is 28.9 Å². The summed E-state index contributed by atoms with van der Waals surface area (Å²) in [7, 11) is 1.51. The molecule has 0 spiro atoms. The van der Waals surface area contributed by atoms with Crippen molar-refractivity contribution in [3.05, 3.63) is 88.4 Å². The Morgan fingerprint density at radius 3 is 2.52 bits per heavy atom. The number of carbonyl (C=O) groups excluding carboxylic acids is 1. The monoisotopic (exact) mass is 468 g/mol. The molecule has 0 radical (unpaired) electrons. The van der Waals surface area contributed by atoms with Gasteiger partial charge < -0.3 is 19.3 Å². The second-order valence-electron chi connectivity index (χ2n) is 6.74. The van der Waals surface area contributed by atoms with Gasteiger partial charge in [-0.25, -0.2) is 10.2 Å². The predicted octanol–water partition coefficient (Wildman–Crippen LogP) is 4.15. The number of hydrogen-bond acceptors (Lipinski definition) is 6. The highest BCUT2D eigenvalue weighted by Gasteiger charge is 2.07. The van der Waals surface area contributed by atoms with E-state index in [1.807, 2.05) is 0 Å². The number of ether oxygens (including phenoxy) is 3. The number of rotatable bonds is 10. The Labute approximate surface area is 195 Å². The molecule has 0 fully saturated rings. The Bertz CT molecular complexity index is 1150. The quantitative estimate of drug-likeness (QED) is 0.342. The van der Waals surface area contributed by atoms with Gasteiger partial charge in [-0.1, -0.05) is 29.8 Å². The number of benzene rings is 3. The van der Waals surface area contributed by atoms with E-state index in [1.54, 1.807) is 54.6 Å². The molecule has 8 nitrogen and oxygen atoms in total. The minimum absolute atomic E-state index is 0.207. The van der Waals surface area contributed by atoms with Gasteiger partial charge in [-0.15, -0.1) is 0 Å². The van der Waals surface area contributed by atoms with Crippen molar-refractivity contribution in [1.82, 2.24) is 5.43 Å². The van der Waals surface area contributed by atoms with Crippen LogP contribution < -0.4 is 19.6 Å². The summed E-state index contributed by atoms with van der Waals surface area (Å²) < 4.78 is 16.5. The van der Waals surface area contributed by atoms with Crippen molar-refractivity contribution in [3.8, 4) is 17.2 Å². The largest absolute Gasteiger partial charge is 0.493 e. The number of hydrazone groups is 1. The lowest BCUT2D eigenvalue weighted by atomic mass is 10.1. The molecule has 33 heavy (non-hydrogen) atoms. The summed E-state index contributed by atoms with van der Waals surface area (Å²) >= 11 is 5.87.